The molecule has 5 heteroatoms. The predicted molar refractivity (Wildman–Crippen MR) is 85.3 cm³/mol. The average Bonchev–Trinajstić information content (AvgIpc) is 3.05. The molecule has 0 aliphatic carbocycles. The van der Waals surface area contributed by atoms with Crippen LogP contribution < -0.4 is 5.32 Å². The molecular weight excluding hydrogens is 276 g/mol. The molecule has 0 amide bonds. The van der Waals surface area contributed by atoms with Crippen LogP contribution in [-0.2, 0) is 17.8 Å². The van der Waals surface area contributed by atoms with Crippen molar-refractivity contribution in [2.24, 2.45) is 5.92 Å². The van der Waals surface area contributed by atoms with Crippen LogP contribution >= 0.6 is 0 Å². The summed E-state index contributed by atoms with van der Waals surface area (Å²) in [6.07, 6.45) is 7.96. The van der Waals surface area contributed by atoms with E-state index in [0.29, 0.717) is 5.92 Å². The van der Waals surface area contributed by atoms with E-state index in [1.807, 2.05) is 24.5 Å². The molecule has 3 heterocycles. The Morgan fingerprint density at radius 1 is 1.27 bits per heavy atom. The number of aryl methyl sites for hydroxylation is 1. The number of hydrogen-bond donors (Lipinski definition) is 1. The van der Waals surface area contributed by atoms with Crippen molar-refractivity contribution >= 4 is 0 Å². The number of rotatable bonds is 6. The zero-order valence-corrected chi connectivity index (χ0v) is 13.1. The minimum atomic E-state index is 0.251. The van der Waals surface area contributed by atoms with Crippen molar-refractivity contribution in [3.05, 3.63) is 48.3 Å². The Bertz CT molecular complexity index is 563. The molecule has 1 fully saturated rings. The van der Waals surface area contributed by atoms with Crippen molar-refractivity contribution in [1.82, 2.24) is 19.9 Å². The standard InChI is InChI=1S/C17H24N4O/c1-2-21-10-9-19-17(21)16(14-6-11-22-12-7-14)20-13-15-5-3-4-8-18-15/h3-5,8-10,14,16,20H,2,6-7,11-13H2,1H3. The maximum atomic E-state index is 5.52. The maximum Gasteiger partial charge on any atom is 0.126 e. The van der Waals surface area contributed by atoms with Crippen molar-refractivity contribution in [3.8, 4) is 0 Å². The Hall–Kier alpha value is -1.72. The molecule has 22 heavy (non-hydrogen) atoms. The second-order valence-corrected chi connectivity index (χ2v) is 5.70. The molecule has 118 valence electrons. The SMILES string of the molecule is CCn1ccnc1C(NCc1ccccn1)C1CCOCC1. The fraction of sp³-hybridized carbons (Fsp3) is 0.529. The van der Waals surface area contributed by atoms with Crippen LogP contribution in [-0.4, -0.2) is 27.7 Å². The highest BCUT2D eigenvalue weighted by Crippen LogP contribution is 2.29. The molecule has 2 aromatic rings. The van der Waals surface area contributed by atoms with Gasteiger partial charge < -0.3 is 14.6 Å². The fourth-order valence-electron chi connectivity index (χ4n) is 3.10. The Balaban J connectivity index is 1.76. The van der Waals surface area contributed by atoms with Gasteiger partial charge in [0.1, 0.15) is 5.82 Å². The number of pyridine rings is 1. The van der Waals surface area contributed by atoms with Crippen LogP contribution in [0.25, 0.3) is 0 Å². The summed E-state index contributed by atoms with van der Waals surface area (Å²) in [4.78, 5) is 9.02. The summed E-state index contributed by atoms with van der Waals surface area (Å²) < 4.78 is 7.75. The molecule has 0 bridgehead atoms. The number of aromatic nitrogens is 3. The largest absolute Gasteiger partial charge is 0.381 e. The van der Waals surface area contributed by atoms with E-state index < -0.39 is 0 Å². The second kappa shape index (κ2) is 7.51. The second-order valence-electron chi connectivity index (χ2n) is 5.70. The van der Waals surface area contributed by atoms with Gasteiger partial charge in [0, 0.05) is 44.9 Å². The van der Waals surface area contributed by atoms with Gasteiger partial charge in [-0.05, 0) is 37.8 Å². The average molecular weight is 300 g/mol. The van der Waals surface area contributed by atoms with Gasteiger partial charge in [0.2, 0.25) is 0 Å². The lowest BCUT2D eigenvalue weighted by molar-refractivity contribution is 0.0516. The quantitative estimate of drug-likeness (QED) is 0.891. The lowest BCUT2D eigenvalue weighted by Gasteiger charge is -2.31. The van der Waals surface area contributed by atoms with E-state index in [1.165, 1.54) is 0 Å². The minimum Gasteiger partial charge on any atom is -0.381 e. The Kier molecular flexibility index (Phi) is 5.19. The number of hydrogen-bond acceptors (Lipinski definition) is 4. The van der Waals surface area contributed by atoms with Gasteiger partial charge in [-0.1, -0.05) is 6.07 Å². The number of ether oxygens (including phenoxy) is 1. The van der Waals surface area contributed by atoms with Gasteiger partial charge in [-0.15, -0.1) is 0 Å². The van der Waals surface area contributed by atoms with Gasteiger partial charge >= 0.3 is 0 Å². The third kappa shape index (κ3) is 3.54. The molecular formula is C17H24N4O. The maximum absolute atomic E-state index is 5.52. The van der Waals surface area contributed by atoms with Crippen LogP contribution in [0.15, 0.2) is 36.8 Å². The Morgan fingerprint density at radius 2 is 2.14 bits per heavy atom. The van der Waals surface area contributed by atoms with E-state index in [9.17, 15) is 0 Å². The van der Waals surface area contributed by atoms with Crippen LogP contribution in [0.5, 0.6) is 0 Å². The van der Waals surface area contributed by atoms with Crippen molar-refractivity contribution in [3.63, 3.8) is 0 Å². The van der Waals surface area contributed by atoms with E-state index in [0.717, 1.165) is 50.7 Å². The molecule has 5 nitrogen and oxygen atoms in total. The Labute approximate surface area is 131 Å². The molecule has 1 N–H and O–H groups in total. The first-order valence-electron chi connectivity index (χ1n) is 8.10. The van der Waals surface area contributed by atoms with Gasteiger partial charge in [0.05, 0.1) is 11.7 Å². The summed E-state index contributed by atoms with van der Waals surface area (Å²) in [6.45, 7) is 5.56. The summed E-state index contributed by atoms with van der Waals surface area (Å²) in [5.74, 6) is 1.69. The first-order valence-corrected chi connectivity index (χ1v) is 8.10. The van der Waals surface area contributed by atoms with E-state index in [4.69, 9.17) is 4.74 Å². The van der Waals surface area contributed by atoms with Crippen molar-refractivity contribution in [2.45, 2.75) is 38.9 Å². The molecule has 1 atom stereocenters. The van der Waals surface area contributed by atoms with Gasteiger partial charge in [-0.25, -0.2) is 4.98 Å². The molecule has 1 unspecified atom stereocenters. The van der Waals surface area contributed by atoms with Crippen molar-refractivity contribution in [1.29, 1.82) is 0 Å². The van der Waals surface area contributed by atoms with Crippen LogP contribution in [0.2, 0.25) is 0 Å². The summed E-state index contributed by atoms with van der Waals surface area (Å²) >= 11 is 0. The highest BCUT2D eigenvalue weighted by molar-refractivity contribution is 5.06. The van der Waals surface area contributed by atoms with Crippen molar-refractivity contribution < 1.29 is 4.74 Å². The highest BCUT2D eigenvalue weighted by Gasteiger charge is 2.28. The fourth-order valence-corrected chi connectivity index (χ4v) is 3.10. The zero-order valence-electron chi connectivity index (χ0n) is 13.1. The molecule has 0 saturated carbocycles. The van der Waals surface area contributed by atoms with E-state index in [-0.39, 0.29) is 6.04 Å². The van der Waals surface area contributed by atoms with Crippen LogP contribution in [0.3, 0.4) is 0 Å². The van der Waals surface area contributed by atoms with Gasteiger partial charge in [-0.2, -0.15) is 0 Å². The first kappa shape index (κ1) is 15.2. The summed E-state index contributed by atoms with van der Waals surface area (Å²) in [5, 5.41) is 3.68. The Morgan fingerprint density at radius 3 is 2.86 bits per heavy atom. The number of nitrogens with one attached hydrogen (secondary N) is 1. The molecule has 1 aliphatic heterocycles. The number of nitrogens with zero attached hydrogens (tertiary/aromatic N) is 3. The zero-order chi connectivity index (χ0) is 15.2. The van der Waals surface area contributed by atoms with Crippen LogP contribution in [0.4, 0.5) is 0 Å². The third-order valence-electron chi connectivity index (χ3n) is 4.33. The van der Waals surface area contributed by atoms with Gasteiger partial charge in [0.25, 0.3) is 0 Å². The normalized spacial score (nSPS) is 17.5. The molecule has 0 spiro atoms. The highest BCUT2D eigenvalue weighted by atomic mass is 16.5. The molecule has 3 rings (SSSR count). The first-order chi connectivity index (χ1) is 10.9. The van der Waals surface area contributed by atoms with Crippen LogP contribution in [0.1, 0.15) is 37.3 Å². The minimum absolute atomic E-state index is 0.251. The third-order valence-corrected chi connectivity index (χ3v) is 4.33. The summed E-state index contributed by atoms with van der Waals surface area (Å²) in [5.41, 5.74) is 1.06. The molecule has 0 aromatic carbocycles. The summed E-state index contributed by atoms with van der Waals surface area (Å²) in [6, 6.07) is 6.28. The van der Waals surface area contributed by atoms with Crippen LogP contribution in [0, 0.1) is 5.92 Å². The van der Waals surface area contributed by atoms with E-state index in [1.54, 1.807) is 0 Å². The lowest BCUT2D eigenvalue weighted by Crippen LogP contribution is -2.34. The summed E-state index contributed by atoms with van der Waals surface area (Å²) in [7, 11) is 0. The predicted octanol–water partition coefficient (Wildman–Crippen LogP) is 2.56. The van der Waals surface area contributed by atoms with Gasteiger partial charge in [-0.3, -0.25) is 4.98 Å². The van der Waals surface area contributed by atoms with E-state index in [2.05, 4.69) is 39.0 Å². The van der Waals surface area contributed by atoms with Gasteiger partial charge in [0.15, 0.2) is 0 Å². The molecule has 0 radical (unpaired) electrons. The molecule has 2 aromatic heterocycles. The monoisotopic (exact) mass is 300 g/mol. The lowest BCUT2D eigenvalue weighted by atomic mass is 9.91. The molecule has 1 saturated heterocycles. The van der Waals surface area contributed by atoms with E-state index >= 15 is 0 Å². The smallest absolute Gasteiger partial charge is 0.126 e. The van der Waals surface area contributed by atoms with Crippen molar-refractivity contribution in [2.75, 3.05) is 13.2 Å². The number of imidazole rings is 1. The molecule has 1 aliphatic rings. The topological polar surface area (TPSA) is 52.0 Å².